The molecule has 3 fully saturated rings. The fourth-order valence-electron chi connectivity index (χ4n) is 9.39. The Morgan fingerprint density at radius 3 is 2.07 bits per heavy atom. The monoisotopic (exact) mass is 586 g/mol. The zero-order chi connectivity index (χ0) is 30.4. The van der Waals surface area contributed by atoms with E-state index in [4.69, 9.17) is 9.26 Å². The van der Waals surface area contributed by atoms with Crippen LogP contribution in [0.25, 0.3) is 0 Å². The molecule has 1 saturated heterocycles. The lowest BCUT2D eigenvalue weighted by atomic mass is 9.71. The normalized spacial score (nSPS) is 38.9. The summed E-state index contributed by atoms with van der Waals surface area (Å²) in [6.45, 7) is 33.4. The molecule has 0 aromatic heterocycles. The molecular weight excluding hydrogens is 523 g/mol. The standard InChI is InChI=1S/C37H63O3P/c1-14-25(35(5,6)7)30(38)21(15-16-34(2,3)4)17-23-29-32-24(20-39-32)28-18-22-26(36(8,9)10)19-27(37(11,12)13)31(22)40-41(28)33(23)29/h14,21-23,25-31,33,38H,1,15-20H2,2-13H3/t21?,22?,23?,25?,26?,27?,28-,29+,30?,31+,33?,41?/m1/s1. The fraction of sp³-hybridized carbons (Fsp3) is 0.892. The molecule has 12 atom stereocenters. The minimum atomic E-state index is -0.511. The second-order valence-corrected chi connectivity index (χ2v) is 21.2. The zero-order valence-corrected chi connectivity index (χ0v) is 29.5. The van der Waals surface area contributed by atoms with Crippen molar-refractivity contribution in [1.29, 1.82) is 0 Å². The number of hydrogen-bond donors (Lipinski definition) is 1. The van der Waals surface area contributed by atoms with E-state index >= 15 is 0 Å². The molecule has 3 aliphatic heterocycles. The average molecular weight is 587 g/mol. The van der Waals surface area contributed by atoms with Crippen molar-refractivity contribution in [2.75, 3.05) is 6.61 Å². The van der Waals surface area contributed by atoms with Crippen LogP contribution >= 0.6 is 8.15 Å². The van der Waals surface area contributed by atoms with Gasteiger partial charge < -0.3 is 14.4 Å². The van der Waals surface area contributed by atoms with E-state index in [0.29, 0.717) is 46.5 Å². The highest BCUT2D eigenvalue weighted by atomic mass is 31.1. The van der Waals surface area contributed by atoms with Gasteiger partial charge in [0.1, 0.15) is 12.4 Å². The van der Waals surface area contributed by atoms with E-state index in [0.717, 1.165) is 31.8 Å². The molecule has 2 saturated carbocycles. The summed E-state index contributed by atoms with van der Waals surface area (Å²) in [5.74, 6) is 4.85. The van der Waals surface area contributed by atoms with Crippen LogP contribution in [0, 0.1) is 63.1 Å². The molecule has 4 heteroatoms. The highest BCUT2D eigenvalue weighted by Gasteiger charge is 2.69. The maximum absolute atomic E-state index is 11.9. The first-order chi connectivity index (χ1) is 18.7. The summed E-state index contributed by atoms with van der Waals surface area (Å²) in [6.07, 6.45) is 7.96. The second kappa shape index (κ2) is 10.6. The minimum absolute atomic E-state index is 0.00501. The summed E-state index contributed by atoms with van der Waals surface area (Å²) in [7, 11) is -0.511. The Bertz CT molecular complexity index is 1020. The highest BCUT2D eigenvalue weighted by Crippen LogP contribution is 2.78. The Balaban J connectivity index is 1.40. The largest absolute Gasteiger partial charge is 0.493 e. The summed E-state index contributed by atoms with van der Waals surface area (Å²) >= 11 is 0. The van der Waals surface area contributed by atoms with Gasteiger partial charge in [0.25, 0.3) is 0 Å². The van der Waals surface area contributed by atoms with Gasteiger partial charge >= 0.3 is 0 Å². The Labute approximate surface area is 254 Å². The molecule has 3 heterocycles. The van der Waals surface area contributed by atoms with Gasteiger partial charge in [-0.3, -0.25) is 0 Å². The van der Waals surface area contributed by atoms with Crippen molar-refractivity contribution in [3.05, 3.63) is 24.0 Å². The average Bonchev–Trinajstić information content (AvgIpc) is 3.29. The van der Waals surface area contributed by atoms with Crippen LogP contribution in [0.2, 0.25) is 0 Å². The number of aliphatic hydroxyl groups is 1. The first-order valence-electron chi connectivity index (χ1n) is 16.9. The smallest absolute Gasteiger partial charge is 0.113 e. The molecular formula is C37H63O3P. The molecule has 9 unspecified atom stereocenters. The van der Waals surface area contributed by atoms with Gasteiger partial charge in [0.2, 0.25) is 0 Å². The summed E-state index contributed by atoms with van der Waals surface area (Å²) in [5.41, 5.74) is 3.66. The molecule has 0 amide bonds. The molecule has 2 aliphatic carbocycles. The van der Waals surface area contributed by atoms with E-state index in [-0.39, 0.29) is 34.2 Å². The van der Waals surface area contributed by atoms with Gasteiger partial charge in [-0.1, -0.05) is 89.2 Å². The Hall–Kier alpha value is -0.370. The third-order valence-corrected chi connectivity index (χ3v) is 14.8. The van der Waals surface area contributed by atoms with Gasteiger partial charge in [-0.2, -0.15) is 0 Å². The summed E-state index contributed by atoms with van der Waals surface area (Å²) in [5, 5.41) is 11.9. The van der Waals surface area contributed by atoms with Crippen LogP contribution in [0.4, 0.5) is 0 Å². The third-order valence-electron chi connectivity index (χ3n) is 11.9. The molecule has 0 bridgehead atoms. The molecule has 5 aliphatic rings. The number of allylic oxidation sites excluding steroid dienone is 1. The van der Waals surface area contributed by atoms with E-state index in [1.54, 1.807) is 5.57 Å². The first kappa shape index (κ1) is 32.0. The number of fused-ring (bicyclic) bond motifs is 6. The van der Waals surface area contributed by atoms with Gasteiger partial charge in [0.15, 0.2) is 0 Å². The van der Waals surface area contributed by atoms with Gasteiger partial charge in [0.05, 0.1) is 12.2 Å². The van der Waals surface area contributed by atoms with Crippen LogP contribution in [0.5, 0.6) is 0 Å². The minimum Gasteiger partial charge on any atom is -0.493 e. The summed E-state index contributed by atoms with van der Waals surface area (Å²) < 4.78 is 13.8. The number of ether oxygens (including phenoxy) is 1. The summed E-state index contributed by atoms with van der Waals surface area (Å²) in [6, 6.07) is 0. The van der Waals surface area contributed by atoms with Crippen molar-refractivity contribution in [1.82, 2.24) is 0 Å². The van der Waals surface area contributed by atoms with E-state index in [1.807, 2.05) is 6.08 Å². The third kappa shape index (κ3) is 6.01. The van der Waals surface area contributed by atoms with E-state index < -0.39 is 8.15 Å². The lowest BCUT2D eigenvalue weighted by Gasteiger charge is -2.49. The quantitative estimate of drug-likeness (QED) is 0.238. The number of aliphatic hydroxyl groups excluding tert-OH is 1. The molecule has 3 nitrogen and oxygen atoms in total. The van der Waals surface area contributed by atoms with Gasteiger partial charge in [-0.05, 0) is 83.4 Å². The maximum atomic E-state index is 11.9. The van der Waals surface area contributed by atoms with E-state index in [2.05, 4.69) is 89.7 Å². The van der Waals surface area contributed by atoms with Crippen LogP contribution in [-0.2, 0) is 9.26 Å². The fourth-order valence-corrected chi connectivity index (χ4v) is 12.9. The first-order valence-corrected chi connectivity index (χ1v) is 18.3. The van der Waals surface area contributed by atoms with Crippen molar-refractivity contribution in [3.8, 4) is 0 Å². The molecule has 0 spiro atoms. The van der Waals surface area contributed by atoms with Crippen LogP contribution in [0.3, 0.4) is 0 Å². The predicted octanol–water partition coefficient (Wildman–Crippen LogP) is 9.84. The molecule has 0 radical (unpaired) electrons. The topological polar surface area (TPSA) is 38.7 Å². The van der Waals surface area contributed by atoms with Crippen molar-refractivity contribution >= 4 is 8.15 Å². The maximum Gasteiger partial charge on any atom is 0.113 e. The van der Waals surface area contributed by atoms with Crippen LogP contribution in [0.15, 0.2) is 24.0 Å². The van der Waals surface area contributed by atoms with Gasteiger partial charge in [-0.25, -0.2) is 0 Å². The predicted molar refractivity (Wildman–Crippen MR) is 174 cm³/mol. The second-order valence-electron chi connectivity index (χ2n) is 19.1. The molecule has 5 rings (SSSR count). The molecule has 0 aromatic rings. The van der Waals surface area contributed by atoms with Crippen LogP contribution in [0.1, 0.15) is 115 Å². The summed E-state index contributed by atoms with van der Waals surface area (Å²) in [4.78, 5) is 0. The SMILES string of the molecule is C=CC(C(O)C(CCC(C)(C)C)CC1C2[C@@H]1C1=C(CO1)[C@H]1CC3C(C(C)(C)C)CC(C(C)(C)C)[C@H]3OP21)C(C)(C)C. The van der Waals surface area contributed by atoms with Gasteiger partial charge in [0, 0.05) is 36.9 Å². The van der Waals surface area contributed by atoms with Gasteiger partial charge in [-0.15, -0.1) is 6.58 Å². The van der Waals surface area contributed by atoms with E-state index in [9.17, 15) is 5.11 Å². The zero-order valence-electron chi connectivity index (χ0n) is 28.6. The highest BCUT2D eigenvalue weighted by molar-refractivity contribution is 7.55. The molecule has 0 aromatic carbocycles. The lowest BCUT2D eigenvalue weighted by molar-refractivity contribution is 0.0112. The van der Waals surface area contributed by atoms with Crippen molar-refractivity contribution in [2.45, 2.75) is 139 Å². The van der Waals surface area contributed by atoms with Crippen molar-refractivity contribution in [3.63, 3.8) is 0 Å². The van der Waals surface area contributed by atoms with Crippen molar-refractivity contribution in [2.24, 2.45) is 63.1 Å². The Morgan fingerprint density at radius 1 is 0.951 bits per heavy atom. The lowest BCUT2D eigenvalue weighted by Crippen LogP contribution is -2.43. The molecule has 1 N–H and O–H groups in total. The van der Waals surface area contributed by atoms with E-state index in [1.165, 1.54) is 18.6 Å². The Kier molecular flexibility index (Phi) is 8.30. The Morgan fingerprint density at radius 2 is 1.59 bits per heavy atom. The number of rotatable bonds is 7. The van der Waals surface area contributed by atoms with Crippen LogP contribution in [-0.4, -0.2) is 35.2 Å². The van der Waals surface area contributed by atoms with Crippen LogP contribution < -0.4 is 0 Å². The molecule has 41 heavy (non-hydrogen) atoms. The van der Waals surface area contributed by atoms with Crippen molar-refractivity contribution < 1.29 is 14.4 Å². The number of hydrogen-bond acceptors (Lipinski definition) is 3. The molecule has 234 valence electrons.